The van der Waals surface area contributed by atoms with Gasteiger partial charge >= 0.3 is 0 Å². The van der Waals surface area contributed by atoms with Gasteiger partial charge in [0.2, 0.25) is 0 Å². The molecule has 0 amide bonds. The van der Waals surface area contributed by atoms with Crippen molar-refractivity contribution in [3.05, 3.63) is 0 Å². The molecule has 82 valence electrons. The van der Waals surface area contributed by atoms with E-state index in [9.17, 15) is 5.11 Å². The monoisotopic (exact) mass is 198 g/mol. The van der Waals surface area contributed by atoms with Crippen LogP contribution in [-0.4, -0.2) is 48.3 Å². The molecule has 0 heterocycles. The van der Waals surface area contributed by atoms with Crippen LogP contribution >= 0.6 is 0 Å². The highest BCUT2D eigenvalue weighted by Crippen LogP contribution is 2.24. The van der Waals surface area contributed by atoms with Gasteiger partial charge in [0.25, 0.3) is 0 Å². The number of rotatable bonds is 5. The maximum atomic E-state index is 9.60. The number of hydrogen-bond donors (Lipinski definition) is 2. The molecule has 0 bridgehead atoms. The normalized spacial score (nSPS) is 32.8. The van der Waals surface area contributed by atoms with Gasteiger partial charge in [0.1, 0.15) is 0 Å². The fraction of sp³-hybridized carbons (Fsp3) is 1.00. The predicted molar refractivity (Wildman–Crippen MR) is 57.3 cm³/mol. The molecule has 0 aromatic carbocycles. The van der Waals surface area contributed by atoms with E-state index in [1.54, 1.807) is 0 Å². The lowest BCUT2D eigenvalue weighted by Crippen LogP contribution is -2.40. The molecule has 0 aromatic heterocycles. The Hall–Kier alpha value is -0.120. The van der Waals surface area contributed by atoms with E-state index in [-0.39, 0.29) is 6.10 Å². The minimum Gasteiger partial charge on any atom is -0.392 e. The summed E-state index contributed by atoms with van der Waals surface area (Å²) in [6.45, 7) is 2.14. The fourth-order valence-corrected chi connectivity index (χ4v) is 2.30. The first-order chi connectivity index (χ1) is 6.77. The number of aliphatic hydroxyl groups is 1. The quantitative estimate of drug-likeness (QED) is 0.678. The zero-order valence-corrected chi connectivity index (χ0v) is 9.08. The van der Waals surface area contributed by atoms with E-state index in [0.29, 0.717) is 6.04 Å². The van der Waals surface area contributed by atoms with Crippen LogP contribution in [-0.2, 0) is 0 Å². The smallest absolute Gasteiger partial charge is 0.0693 e. The van der Waals surface area contributed by atoms with Crippen LogP contribution in [0.1, 0.15) is 32.1 Å². The van der Waals surface area contributed by atoms with Gasteiger partial charge in [-0.15, -0.1) is 0 Å². The molecule has 2 atom stereocenters. The number of nitrogens with zero attached hydrogens (tertiary/aromatic N) is 1. The van der Waals surface area contributed by atoms with Gasteiger partial charge in [-0.1, -0.05) is 0 Å². The number of hydrogen-bond acceptors (Lipinski definition) is 3. The van der Waals surface area contributed by atoms with E-state index in [4.69, 9.17) is 0 Å². The van der Waals surface area contributed by atoms with Crippen LogP contribution in [0.2, 0.25) is 0 Å². The summed E-state index contributed by atoms with van der Waals surface area (Å²) >= 11 is 0. The Balaban J connectivity index is 1.57. The molecule has 2 saturated carbocycles. The Kier molecular flexibility index (Phi) is 3.42. The first-order valence-corrected chi connectivity index (χ1v) is 5.89. The molecule has 0 aliphatic heterocycles. The van der Waals surface area contributed by atoms with Gasteiger partial charge in [-0.05, 0) is 39.2 Å². The fourth-order valence-electron chi connectivity index (χ4n) is 2.30. The molecule has 3 nitrogen and oxygen atoms in total. The highest BCUT2D eigenvalue weighted by Gasteiger charge is 2.27. The van der Waals surface area contributed by atoms with Crippen molar-refractivity contribution >= 4 is 0 Å². The summed E-state index contributed by atoms with van der Waals surface area (Å²) in [5.41, 5.74) is 0. The summed E-state index contributed by atoms with van der Waals surface area (Å²) in [6.07, 6.45) is 5.97. The predicted octanol–water partition coefficient (Wildman–Crippen LogP) is 0.584. The number of likely N-dealkylation sites (N-methyl/N-ethyl adjacent to an activating group) is 1. The van der Waals surface area contributed by atoms with E-state index in [2.05, 4.69) is 17.3 Å². The summed E-state index contributed by atoms with van der Waals surface area (Å²) < 4.78 is 0. The van der Waals surface area contributed by atoms with Crippen LogP contribution in [0.4, 0.5) is 0 Å². The lowest BCUT2D eigenvalue weighted by Gasteiger charge is -2.20. The average molecular weight is 198 g/mol. The van der Waals surface area contributed by atoms with Crippen LogP contribution < -0.4 is 5.32 Å². The molecule has 0 spiro atoms. The van der Waals surface area contributed by atoms with Gasteiger partial charge in [-0.2, -0.15) is 0 Å². The van der Waals surface area contributed by atoms with Crippen molar-refractivity contribution in [1.29, 1.82) is 0 Å². The van der Waals surface area contributed by atoms with Crippen molar-refractivity contribution in [2.45, 2.75) is 50.3 Å². The van der Waals surface area contributed by atoms with Crippen molar-refractivity contribution in [1.82, 2.24) is 10.2 Å². The van der Waals surface area contributed by atoms with Gasteiger partial charge in [-0.25, -0.2) is 0 Å². The summed E-state index contributed by atoms with van der Waals surface area (Å²) in [5.74, 6) is 0. The molecule has 2 unspecified atom stereocenters. The van der Waals surface area contributed by atoms with E-state index in [1.165, 1.54) is 19.3 Å². The third-order valence-electron chi connectivity index (χ3n) is 3.52. The second-order valence-corrected chi connectivity index (χ2v) is 4.77. The molecule has 14 heavy (non-hydrogen) atoms. The topological polar surface area (TPSA) is 35.5 Å². The molecule has 2 N–H and O–H groups in total. The summed E-state index contributed by atoms with van der Waals surface area (Å²) in [7, 11) is 2.20. The largest absolute Gasteiger partial charge is 0.392 e. The minimum absolute atomic E-state index is 0.0961. The van der Waals surface area contributed by atoms with Crippen LogP contribution in [0.25, 0.3) is 0 Å². The summed E-state index contributed by atoms with van der Waals surface area (Å²) in [5, 5.41) is 13.1. The number of aliphatic hydroxyl groups excluding tert-OH is 1. The third kappa shape index (κ3) is 2.69. The van der Waals surface area contributed by atoms with Crippen LogP contribution in [0.15, 0.2) is 0 Å². The van der Waals surface area contributed by atoms with Gasteiger partial charge in [0, 0.05) is 25.2 Å². The first kappa shape index (κ1) is 10.4. The summed E-state index contributed by atoms with van der Waals surface area (Å²) in [4.78, 5) is 2.42. The molecular weight excluding hydrogens is 176 g/mol. The van der Waals surface area contributed by atoms with Crippen LogP contribution in [0, 0.1) is 0 Å². The molecule has 0 radical (unpaired) electrons. The van der Waals surface area contributed by atoms with Gasteiger partial charge in [0.15, 0.2) is 0 Å². The Morgan fingerprint density at radius 2 is 2.07 bits per heavy atom. The van der Waals surface area contributed by atoms with Gasteiger partial charge < -0.3 is 15.3 Å². The number of nitrogens with one attached hydrogen (secondary N) is 1. The highest BCUT2D eigenvalue weighted by atomic mass is 16.3. The zero-order chi connectivity index (χ0) is 9.97. The molecule has 3 heteroatoms. The first-order valence-electron chi connectivity index (χ1n) is 5.89. The van der Waals surface area contributed by atoms with E-state index in [1.807, 2.05) is 0 Å². The maximum Gasteiger partial charge on any atom is 0.0693 e. The lowest BCUT2D eigenvalue weighted by molar-refractivity contribution is 0.147. The Morgan fingerprint density at radius 3 is 2.64 bits per heavy atom. The molecule has 2 aliphatic carbocycles. The molecule has 2 rings (SSSR count). The van der Waals surface area contributed by atoms with Crippen molar-refractivity contribution in [2.24, 2.45) is 0 Å². The van der Waals surface area contributed by atoms with Gasteiger partial charge in [0.05, 0.1) is 6.10 Å². The van der Waals surface area contributed by atoms with Crippen LogP contribution in [0.5, 0.6) is 0 Å². The van der Waals surface area contributed by atoms with E-state index < -0.39 is 0 Å². The van der Waals surface area contributed by atoms with Crippen molar-refractivity contribution < 1.29 is 5.11 Å². The standard InChI is InChI=1S/C11H22N2O/c1-13(9-5-6-9)8-7-12-10-3-2-4-11(10)14/h9-12,14H,2-8H2,1H3. The molecule has 0 saturated heterocycles. The lowest BCUT2D eigenvalue weighted by atomic mass is 10.2. The highest BCUT2D eigenvalue weighted by molar-refractivity contribution is 4.85. The van der Waals surface area contributed by atoms with E-state index in [0.717, 1.165) is 32.0 Å². The Bertz CT molecular complexity index is 182. The summed E-state index contributed by atoms with van der Waals surface area (Å²) in [6, 6.07) is 1.22. The molecular formula is C11H22N2O. The molecule has 2 aliphatic rings. The van der Waals surface area contributed by atoms with E-state index >= 15 is 0 Å². The average Bonchev–Trinajstić information content (AvgIpc) is 2.93. The maximum absolute atomic E-state index is 9.60. The third-order valence-corrected chi connectivity index (χ3v) is 3.52. The Morgan fingerprint density at radius 1 is 1.29 bits per heavy atom. The SMILES string of the molecule is CN(CCNC1CCCC1O)C1CC1. The van der Waals surface area contributed by atoms with Crippen molar-refractivity contribution in [3.8, 4) is 0 Å². The zero-order valence-electron chi connectivity index (χ0n) is 9.08. The Labute approximate surface area is 86.5 Å². The second-order valence-electron chi connectivity index (χ2n) is 4.77. The molecule has 2 fully saturated rings. The molecule has 0 aromatic rings. The minimum atomic E-state index is -0.0961. The van der Waals surface area contributed by atoms with Crippen molar-refractivity contribution in [2.75, 3.05) is 20.1 Å². The van der Waals surface area contributed by atoms with Gasteiger partial charge in [-0.3, -0.25) is 0 Å². The van der Waals surface area contributed by atoms with Crippen molar-refractivity contribution in [3.63, 3.8) is 0 Å². The second kappa shape index (κ2) is 4.60. The van der Waals surface area contributed by atoms with Crippen LogP contribution in [0.3, 0.4) is 0 Å².